The van der Waals surface area contributed by atoms with Crippen LogP contribution in [0, 0.1) is 0 Å². The molecule has 0 aliphatic carbocycles. The van der Waals surface area contributed by atoms with Gasteiger partial charge in [0.2, 0.25) is 0 Å². The smallest absolute Gasteiger partial charge is 0.0705 e. The Hall–Kier alpha value is -1.37. The molecule has 0 radical (unpaired) electrons. The quantitative estimate of drug-likeness (QED) is 0.699. The normalized spacial score (nSPS) is 11.0. The van der Waals surface area contributed by atoms with Crippen LogP contribution < -0.4 is 0 Å². The number of rotatable bonds is 6. The second-order valence-electron chi connectivity index (χ2n) is 4.99. The van der Waals surface area contributed by atoms with Gasteiger partial charge in [-0.05, 0) is 43.4 Å². The average Bonchev–Trinajstić information content (AvgIpc) is 2.42. The summed E-state index contributed by atoms with van der Waals surface area (Å²) in [5.74, 6) is 0. The van der Waals surface area contributed by atoms with Gasteiger partial charge >= 0.3 is 0 Å². The number of hydrogen-bond donors (Lipinski definition) is 0. The van der Waals surface area contributed by atoms with Crippen molar-refractivity contribution in [3.05, 3.63) is 41.6 Å². The lowest BCUT2D eigenvalue weighted by Crippen LogP contribution is -1.99. The molecule has 0 fully saturated rings. The Morgan fingerprint density at radius 3 is 2.44 bits per heavy atom. The molecular weight excluding hydrogens is 218 g/mol. The number of hydrogen-bond acceptors (Lipinski definition) is 1. The fraction of sp³-hybridized carbons (Fsp3) is 0.471. The van der Waals surface area contributed by atoms with Crippen molar-refractivity contribution in [2.45, 2.75) is 52.4 Å². The summed E-state index contributed by atoms with van der Waals surface area (Å²) in [5.41, 5.74) is 3.93. The summed E-state index contributed by atoms with van der Waals surface area (Å²) < 4.78 is 0. The van der Waals surface area contributed by atoms with Crippen molar-refractivity contribution in [2.24, 2.45) is 0 Å². The van der Waals surface area contributed by atoms with E-state index in [-0.39, 0.29) is 0 Å². The maximum Gasteiger partial charge on any atom is 0.0705 e. The summed E-state index contributed by atoms with van der Waals surface area (Å²) in [6.45, 7) is 4.49. The molecule has 0 aliphatic heterocycles. The summed E-state index contributed by atoms with van der Waals surface area (Å²) in [5, 5.41) is 1.28. The summed E-state index contributed by atoms with van der Waals surface area (Å²) in [6.07, 6.45) is 7.29. The highest BCUT2D eigenvalue weighted by Gasteiger charge is 2.06. The number of unbranched alkanes of at least 4 members (excludes halogenated alkanes) is 2. The van der Waals surface area contributed by atoms with Gasteiger partial charge in [-0.1, -0.05) is 44.9 Å². The lowest BCUT2D eigenvalue weighted by molar-refractivity contribution is 0.744. The zero-order chi connectivity index (χ0) is 12.8. The zero-order valence-corrected chi connectivity index (χ0v) is 11.6. The molecule has 0 bridgehead atoms. The van der Waals surface area contributed by atoms with Crippen molar-refractivity contribution in [2.75, 3.05) is 0 Å². The summed E-state index contributed by atoms with van der Waals surface area (Å²) in [6, 6.07) is 10.8. The fourth-order valence-electron chi connectivity index (χ4n) is 2.34. The maximum atomic E-state index is 4.87. The molecule has 2 aromatic rings. The molecule has 1 aromatic heterocycles. The van der Waals surface area contributed by atoms with Crippen molar-refractivity contribution >= 4 is 10.9 Å². The molecule has 1 nitrogen and oxygen atoms in total. The first-order valence-corrected chi connectivity index (χ1v) is 7.22. The summed E-state index contributed by atoms with van der Waals surface area (Å²) in [4.78, 5) is 4.87. The van der Waals surface area contributed by atoms with E-state index in [1.165, 1.54) is 48.7 Å². The molecule has 0 unspecified atom stereocenters. The van der Waals surface area contributed by atoms with Crippen molar-refractivity contribution in [3.63, 3.8) is 0 Å². The van der Waals surface area contributed by atoms with Gasteiger partial charge in [-0.2, -0.15) is 0 Å². The molecule has 0 atom stereocenters. The molecule has 0 aliphatic rings. The molecule has 1 heteroatoms. The van der Waals surface area contributed by atoms with E-state index in [9.17, 15) is 0 Å². The number of aryl methyl sites for hydroxylation is 2. The first-order chi connectivity index (χ1) is 8.85. The van der Waals surface area contributed by atoms with Crippen LogP contribution >= 0.6 is 0 Å². The number of benzene rings is 1. The third kappa shape index (κ3) is 3.10. The van der Waals surface area contributed by atoms with E-state index in [0.29, 0.717) is 0 Å². The molecule has 18 heavy (non-hydrogen) atoms. The topological polar surface area (TPSA) is 12.9 Å². The minimum absolute atomic E-state index is 1.13. The first kappa shape index (κ1) is 13.1. The number of aromatic nitrogens is 1. The van der Waals surface area contributed by atoms with Crippen LogP contribution in [-0.2, 0) is 12.8 Å². The highest BCUT2D eigenvalue weighted by Crippen LogP contribution is 2.20. The number of pyridine rings is 1. The van der Waals surface area contributed by atoms with Gasteiger partial charge in [0, 0.05) is 11.1 Å². The Morgan fingerprint density at radius 1 is 0.944 bits per heavy atom. The van der Waals surface area contributed by atoms with Crippen LogP contribution in [0.15, 0.2) is 30.3 Å². The molecule has 0 saturated carbocycles. The second kappa shape index (κ2) is 6.53. The van der Waals surface area contributed by atoms with Crippen LogP contribution in [0.5, 0.6) is 0 Å². The van der Waals surface area contributed by atoms with Crippen molar-refractivity contribution in [1.29, 1.82) is 0 Å². The predicted molar refractivity (Wildman–Crippen MR) is 79.0 cm³/mol. The largest absolute Gasteiger partial charge is 0.253 e. The average molecular weight is 241 g/mol. The maximum absolute atomic E-state index is 4.87. The first-order valence-electron chi connectivity index (χ1n) is 7.22. The van der Waals surface area contributed by atoms with Crippen LogP contribution in [0.3, 0.4) is 0 Å². The Morgan fingerprint density at radius 2 is 1.67 bits per heavy atom. The molecule has 1 aromatic carbocycles. The Bertz CT molecular complexity index is 455. The second-order valence-corrected chi connectivity index (χ2v) is 4.99. The Balaban J connectivity index is 2.35. The van der Waals surface area contributed by atoms with Crippen LogP contribution in [0.4, 0.5) is 0 Å². The molecule has 0 spiro atoms. The van der Waals surface area contributed by atoms with Crippen LogP contribution in [0.1, 0.15) is 50.8 Å². The van der Waals surface area contributed by atoms with E-state index >= 15 is 0 Å². The molecule has 2 rings (SSSR count). The fourth-order valence-corrected chi connectivity index (χ4v) is 2.34. The molecular formula is C17H23N. The van der Waals surface area contributed by atoms with Gasteiger partial charge in [0.25, 0.3) is 0 Å². The minimum atomic E-state index is 1.13. The Kier molecular flexibility index (Phi) is 4.74. The molecule has 0 amide bonds. The minimum Gasteiger partial charge on any atom is -0.253 e. The Labute approximate surface area is 110 Å². The van der Waals surface area contributed by atoms with Crippen LogP contribution in [0.25, 0.3) is 10.9 Å². The lowest BCUT2D eigenvalue weighted by Gasteiger charge is -2.10. The summed E-state index contributed by atoms with van der Waals surface area (Å²) in [7, 11) is 0. The zero-order valence-electron chi connectivity index (χ0n) is 11.6. The highest BCUT2D eigenvalue weighted by molar-refractivity contribution is 5.79. The van der Waals surface area contributed by atoms with Crippen molar-refractivity contribution in [3.8, 4) is 0 Å². The number of para-hydroxylation sites is 1. The van der Waals surface area contributed by atoms with E-state index in [0.717, 1.165) is 11.9 Å². The molecule has 96 valence electrons. The predicted octanol–water partition coefficient (Wildman–Crippen LogP) is 4.92. The van der Waals surface area contributed by atoms with Crippen molar-refractivity contribution in [1.82, 2.24) is 4.98 Å². The molecule has 1 heterocycles. The van der Waals surface area contributed by atoms with Gasteiger partial charge in [-0.15, -0.1) is 0 Å². The van der Waals surface area contributed by atoms with Gasteiger partial charge in [0.1, 0.15) is 0 Å². The lowest BCUT2D eigenvalue weighted by atomic mass is 10.0. The van der Waals surface area contributed by atoms with E-state index in [1.807, 2.05) is 0 Å². The standard InChI is InChI=1S/C17H23N/c1-3-5-9-14-13-15-10-7-8-12-17(15)18-16(14)11-6-4-2/h7-8,10,12-13H,3-6,9,11H2,1-2H3. The van der Waals surface area contributed by atoms with Crippen LogP contribution in [0.2, 0.25) is 0 Å². The SMILES string of the molecule is CCCCc1cc2ccccc2nc1CCCC. The van der Waals surface area contributed by atoms with E-state index in [4.69, 9.17) is 4.98 Å². The van der Waals surface area contributed by atoms with Gasteiger partial charge < -0.3 is 0 Å². The monoisotopic (exact) mass is 241 g/mol. The number of nitrogens with zero attached hydrogens (tertiary/aromatic N) is 1. The molecule has 0 saturated heterocycles. The highest BCUT2D eigenvalue weighted by atomic mass is 14.7. The van der Waals surface area contributed by atoms with Gasteiger partial charge in [-0.3, -0.25) is 4.98 Å². The van der Waals surface area contributed by atoms with Crippen molar-refractivity contribution < 1.29 is 0 Å². The van der Waals surface area contributed by atoms with E-state index in [1.54, 1.807) is 0 Å². The van der Waals surface area contributed by atoms with Gasteiger partial charge in [0.05, 0.1) is 5.52 Å². The van der Waals surface area contributed by atoms with Gasteiger partial charge in [-0.25, -0.2) is 0 Å². The number of fused-ring (bicyclic) bond motifs is 1. The van der Waals surface area contributed by atoms with Crippen LogP contribution in [-0.4, -0.2) is 4.98 Å². The third-order valence-corrected chi connectivity index (χ3v) is 3.46. The summed E-state index contributed by atoms with van der Waals surface area (Å²) >= 11 is 0. The van der Waals surface area contributed by atoms with E-state index in [2.05, 4.69) is 44.2 Å². The van der Waals surface area contributed by atoms with E-state index < -0.39 is 0 Å². The molecule has 0 N–H and O–H groups in total. The third-order valence-electron chi connectivity index (χ3n) is 3.46. The van der Waals surface area contributed by atoms with Gasteiger partial charge in [0.15, 0.2) is 0 Å².